The summed E-state index contributed by atoms with van der Waals surface area (Å²) >= 11 is 1.65. The standard InChI is InChI=1S/C20H16N4OS/c25-20-18-15-6-1-2-9-17(15)26-19(18)22-12-24(20)23-11-13-5-3-8-16-14(13)7-4-10-21-16/h3-5,7-8,10-12H,1-2,6,9H2. The summed E-state index contributed by atoms with van der Waals surface area (Å²) in [6.07, 6.45) is 9.35. The average molecular weight is 360 g/mol. The van der Waals surface area contributed by atoms with E-state index in [1.165, 1.54) is 27.9 Å². The van der Waals surface area contributed by atoms with Crippen LogP contribution in [0.2, 0.25) is 0 Å². The summed E-state index contributed by atoms with van der Waals surface area (Å²) in [4.78, 5) is 23.9. The maximum Gasteiger partial charge on any atom is 0.282 e. The summed E-state index contributed by atoms with van der Waals surface area (Å²) < 4.78 is 1.35. The molecule has 4 aromatic rings. The Balaban J connectivity index is 1.62. The van der Waals surface area contributed by atoms with Crippen LogP contribution in [0.25, 0.3) is 21.1 Å². The first kappa shape index (κ1) is 15.4. The van der Waals surface area contributed by atoms with Gasteiger partial charge in [0, 0.05) is 22.0 Å². The number of aromatic nitrogens is 3. The van der Waals surface area contributed by atoms with Gasteiger partial charge in [-0.15, -0.1) is 11.3 Å². The van der Waals surface area contributed by atoms with E-state index in [9.17, 15) is 4.79 Å². The number of nitrogens with zero attached hydrogens (tertiary/aromatic N) is 4. The molecule has 0 atom stereocenters. The molecule has 1 aromatic carbocycles. The highest BCUT2D eigenvalue weighted by atomic mass is 32.1. The van der Waals surface area contributed by atoms with Gasteiger partial charge in [0.1, 0.15) is 11.2 Å². The lowest BCUT2D eigenvalue weighted by Gasteiger charge is -2.09. The quantitative estimate of drug-likeness (QED) is 0.511. The predicted octanol–water partition coefficient (Wildman–Crippen LogP) is 3.77. The minimum atomic E-state index is -0.0796. The Hall–Kier alpha value is -2.86. The van der Waals surface area contributed by atoms with Crippen molar-refractivity contribution in [1.29, 1.82) is 0 Å². The molecule has 3 aromatic heterocycles. The Morgan fingerprint density at radius 2 is 2.04 bits per heavy atom. The summed E-state index contributed by atoms with van der Waals surface area (Å²) in [7, 11) is 0. The number of thiophene rings is 1. The molecule has 5 nitrogen and oxygen atoms in total. The topological polar surface area (TPSA) is 60.1 Å². The molecule has 1 aliphatic carbocycles. The molecule has 0 saturated carbocycles. The van der Waals surface area contributed by atoms with Crippen molar-refractivity contribution in [1.82, 2.24) is 14.6 Å². The van der Waals surface area contributed by atoms with Crippen molar-refractivity contribution in [3.05, 3.63) is 69.2 Å². The van der Waals surface area contributed by atoms with Gasteiger partial charge >= 0.3 is 0 Å². The molecule has 128 valence electrons. The van der Waals surface area contributed by atoms with Crippen LogP contribution in [0.4, 0.5) is 0 Å². The van der Waals surface area contributed by atoms with Crippen molar-refractivity contribution in [2.75, 3.05) is 0 Å². The van der Waals surface area contributed by atoms with Gasteiger partial charge in [-0.1, -0.05) is 18.2 Å². The fourth-order valence-electron chi connectivity index (χ4n) is 3.58. The highest BCUT2D eigenvalue weighted by Crippen LogP contribution is 2.33. The second kappa shape index (κ2) is 6.14. The summed E-state index contributed by atoms with van der Waals surface area (Å²) in [6.45, 7) is 0. The Morgan fingerprint density at radius 1 is 1.12 bits per heavy atom. The van der Waals surface area contributed by atoms with Gasteiger partial charge in [-0.2, -0.15) is 9.78 Å². The summed E-state index contributed by atoms with van der Waals surface area (Å²) in [6, 6.07) is 9.78. The number of pyridine rings is 1. The van der Waals surface area contributed by atoms with Gasteiger partial charge in [-0.3, -0.25) is 9.78 Å². The molecular weight excluding hydrogens is 344 g/mol. The molecule has 3 heterocycles. The molecule has 0 spiro atoms. The third-order valence-electron chi connectivity index (χ3n) is 4.86. The maximum atomic E-state index is 12.9. The maximum absolute atomic E-state index is 12.9. The van der Waals surface area contributed by atoms with Crippen LogP contribution in [0.1, 0.15) is 28.8 Å². The first-order valence-corrected chi connectivity index (χ1v) is 9.53. The molecule has 0 bridgehead atoms. The van der Waals surface area contributed by atoms with Crippen molar-refractivity contribution < 1.29 is 0 Å². The van der Waals surface area contributed by atoms with Crippen molar-refractivity contribution in [2.45, 2.75) is 25.7 Å². The monoisotopic (exact) mass is 360 g/mol. The van der Waals surface area contributed by atoms with E-state index >= 15 is 0 Å². The number of benzene rings is 1. The second-order valence-electron chi connectivity index (χ2n) is 6.45. The molecule has 26 heavy (non-hydrogen) atoms. The minimum absolute atomic E-state index is 0.0796. The minimum Gasteiger partial charge on any atom is -0.267 e. The molecule has 5 rings (SSSR count). The van der Waals surface area contributed by atoms with Crippen molar-refractivity contribution in [3.63, 3.8) is 0 Å². The third kappa shape index (κ3) is 2.45. The third-order valence-corrected chi connectivity index (χ3v) is 6.06. The predicted molar refractivity (Wildman–Crippen MR) is 105 cm³/mol. The zero-order chi connectivity index (χ0) is 17.5. The van der Waals surface area contributed by atoms with Crippen molar-refractivity contribution >= 4 is 38.7 Å². The number of fused-ring (bicyclic) bond motifs is 4. The average Bonchev–Trinajstić information content (AvgIpc) is 3.07. The highest BCUT2D eigenvalue weighted by molar-refractivity contribution is 7.18. The van der Waals surface area contributed by atoms with E-state index in [0.29, 0.717) is 0 Å². The van der Waals surface area contributed by atoms with E-state index in [4.69, 9.17) is 0 Å². The van der Waals surface area contributed by atoms with Crippen LogP contribution in [-0.4, -0.2) is 20.9 Å². The number of hydrogen-bond donors (Lipinski definition) is 0. The smallest absolute Gasteiger partial charge is 0.267 e. The molecule has 0 fully saturated rings. The zero-order valence-electron chi connectivity index (χ0n) is 14.1. The van der Waals surface area contributed by atoms with E-state index < -0.39 is 0 Å². The number of rotatable bonds is 2. The molecule has 0 saturated heterocycles. The Labute approximate surface area is 153 Å². The van der Waals surface area contributed by atoms with Gasteiger partial charge in [-0.05, 0) is 43.4 Å². The van der Waals surface area contributed by atoms with Crippen LogP contribution < -0.4 is 5.56 Å². The Morgan fingerprint density at radius 3 is 3.00 bits per heavy atom. The number of hydrogen-bond acceptors (Lipinski definition) is 5. The SMILES string of the molecule is O=c1c2c3c(sc2ncn1N=Cc1cccc2ncccc12)CCCC3. The van der Waals surface area contributed by atoms with Crippen LogP contribution in [0, 0.1) is 0 Å². The van der Waals surface area contributed by atoms with Crippen LogP contribution >= 0.6 is 11.3 Å². The Kier molecular flexibility index (Phi) is 3.64. The second-order valence-corrected chi connectivity index (χ2v) is 7.53. The van der Waals surface area contributed by atoms with Gasteiger partial charge in [0.05, 0.1) is 17.1 Å². The fraction of sp³-hybridized carbons (Fsp3) is 0.200. The lowest BCUT2D eigenvalue weighted by molar-refractivity contribution is 0.699. The lowest BCUT2D eigenvalue weighted by Crippen LogP contribution is -2.18. The molecule has 0 unspecified atom stereocenters. The molecule has 0 N–H and O–H groups in total. The van der Waals surface area contributed by atoms with Crippen LogP contribution in [0.15, 0.2) is 52.8 Å². The van der Waals surface area contributed by atoms with E-state index in [1.807, 2.05) is 30.3 Å². The fourth-order valence-corrected chi connectivity index (χ4v) is 4.80. The van der Waals surface area contributed by atoms with Crippen LogP contribution in [-0.2, 0) is 12.8 Å². The Bertz CT molecular complexity index is 1220. The summed E-state index contributed by atoms with van der Waals surface area (Å²) in [5.74, 6) is 0. The van der Waals surface area contributed by atoms with Gasteiger partial charge in [0.25, 0.3) is 5.56 Å². The first-order valence-electron chi connectivity index (χ1n) is 8.71. The largest absolute Gasteiger partial charge is 0.282 e. The molecule has 1 aliphatic rings. The van der Waals surface area contributed by atoms with E-state index in [0.717, 1.165) is 45.9 Å². The zero-order valence-corrected chi connectivity index (χ0v) is 14.9. The summed E-state index contributed by atoms with van der Waals surface area (Å²) in [5.41, 5.74) is 2.94. The molecular formula is C20H16N4OS. The molecule has 0 aliphatic heterocycles. The van der Waals surface area contributed by atoms with Crippen LogP contribution in [0.3, 0.4) is 0 Å². The molecule has 0 amide bonds. The molecule has 6 heteroatoms. The number of aryl methyl sites for hydroxylation is 2. The van der Waals surface area contributed by atoms with Gasteiger partial charge < -0.3 is 0 Å². The lowest BCUT2D eigenvalue weighted by atomic mass is 9.97. The van der Waals surface area contributed by atoms with Gasteiger partial charge in [0.15, 0.2) is 0 Å². The van der Waals surface area contributed by atoms with Gasteiger partial charge in [0.2, 0.25) is 0 Å². The van der Waals surface area contributed by atoms with E-state index in [2.05, 4.69) is 15.1 Å². The highest BCUT2D eigenvalue weighted by Gasteiger charge is 2.19. The normalized spacial score (nSPS) is 14.3. The summed E-state index contributed by atoms with van der Waals surface area (Å²) in [5, 5.41) is 6.16. The van der Waals surface area contributed by atoms with Gasteiger partial charge in [-0.25, -0.2) is 4.98 Å². The first-order chi connectivity index (χ1) is 12.8. The molecule has 0 radical (unpaired) electrons. The van der Waals surface area contributed by atoms with E-state index in [1.54, 1.807) is 23.7 Å². The van der Waals surface area contributed by atoms with Crippen molar-refractivity contribution in [3.8, 4) is 0 Å². The van der Waals surface area contributed by atoms with Crippen LogP contribution in [0.5, 0.6) is 0 Å². The van der Waals surface area contributed by atoms with E-state index in [-0.39, 0.29) is 5.56 Å². The van der Waals surface area contributed by atoms with Crippen molar-refractivity contribution in [2.24, 2.45) is 5.10 Å².